The standard InChI is InChI=1S/C11H16N4O.C9H12N4O.C9H12N4.C8H11N5O.C8H11N5.C8H10N4O.C7H10N6/c1-5-16-11-9-10(13-8(4)14-11)15(6-12-9)7(2)3;1-5(2)13-4-10-7-8(13)11-6(3)12-9(7)14;1-6(2)13-4-3-7-8(10)11-5-12-9(7)13;1-4(2)13-7-6(11-12-13)8(14)10-5(3)9-7;1-5(2)13-4-12-6-7(9)10-3-11-8(6)13;1-5(2)12-4-11-6-7(12)9-3-10-8(6)13;1-4(2)13-7-5(11-12-13)6(8)9-3-10-7/h6-7H,5H2,1-4H3;4-5H,1-3H3,(H,11,12,14);3-6H,1-2H3,(H2,10,11,12);4H,1-3H3,(H,9,10,14);3-5H,1-2H3,(H2,9,10,11);3-5H,1-2H3,(H,9,10,13);3-4H,1-2H3,(H2,8,9,10). The molecule has 0 bridgehead atoms. The number of hydrogen-bond acceptors (Lipinski definition) is 26. The molecule has 14 heterocycles. The second-order valence-corrected chi connectivity index (χ2v) is 23.6. The lowest BCUT2D eigenvalue weighted by Gasteiger charge is -2.08. The van der Waals surface area contributed by atoms with Crippen molar-refractivity contribution in [2.45, 2.75) is 167 Å². The van der Waals surface area contributed by atoms with Gasteiger partial charge in [0.1, 0.15) is 53.4 Å². The number of H-pyrrole nitrogens is 3. The molecular weight excluding hydrogens is 1230 g/mol. The quantitative estimate of drug-likeness (QED) is 0.0832. The predicted molar refractivity (Wildman–Crippen MR) is 365 cm³/mol. The molecule has 0 saturated carbocycles. The number of aromatic amines is 3. The molecule has 0 unspecified atom stereocenters. The lowest BCUT2D eigenvalue weighted by Crippen LogP contribution is -2.11. The minimum atomic E-state index is -0.237. The van der Waals surface area contributed by atoms with E-state index >= 15 is 0 Å². The lowest BCUT2D eigenvalue weighted by molar-refractivity contribution is 0.329. The van der Waals surface area contributed by atoms with Crippen molar-refractivity contribution < 1.29 is 4.74 Å². The van der Waals surface area contributed by atoms with E-state index in [0.29, 0.717) is 116 Å². The maximum absolute atomic E-state index is 11.5. The van der Waals surface area contributed by atoms with Crippen LogP contribution in [0.2, 0.25) is 0 Å². The fraction of sp³-hybridized carbons (Fsp3) is 0.433. The van der Waals surface area contributed by atoms with Gasteiger partial charge < -0.3 is 59.7 Å². The van der Waals surface area contributed by atoms with Gasteiger partial charge in [-0.05, 0) is 131 Å². The average molecular weight is 1320 g/mol. The Hall–Kier alpha value is -11.6. The highest BCUT2D eigenvalue weighted by atomic mass is 16.5. The van der Waals surface area contributed by atoms with Gasteiger partial charge in [0, 0.05) is 36.4 Å². The number of anilines is 3. The summed E-state index contributed by atoms with van der Waals surface area (Å²) in [6.07, 6.45) is 14.6. The highest BCUT2D eigenvalue weighted by Gasteiger charge is 2.17. The summed E-state index contributed by atoms with van der Waals surface area (Å²) in [6, 6.07) is 3.89. The zero-order chi connectivity index (χ0) is 70.0. The third kappa shape index (κ3) is 15.7. The third-order valence-electron chi connectivity index (χ3n) is 14.1. The molecule has 0 aromatic carbocycles. The maximum atomic E-state index is 11.5. The van der Waals surface area contributed by atoms with Gasteiger partial charge in [-0.1, -0.05) is 10.4 Å². The van der Waals surface area contributed by atoms with E-state index in [-0.39, 0.29) is 40.8 Å². The molecule has 0 atom stereocenters. The first-order valence-corrected chi connectivity index (χ1v) is 30.9. The van der Waals surface area contributed by atoms with Crippen molar-refractivity contribution in [3.05, 3.63) is 111 Å². The number of fused-ring (bicyclic) bond motifs is 7. The Kier molecular flexibility index (Phi) is 22.3. The number of hydrogen-bond donors (Lipinski definition) is 6. The average Bonchev–Trinajstić information content (AvgIpc) is 1.66. The molecule has 14 aromatic heterocycles. The molecule has 0 aliphatic heterocycles. The zero-order valence-electron chi connectivity index (χ0n) is 57.0. The molecule has 0 fully saturated rings. The number of aromatic nitrogens is 29. The highest BCUT2D eigenvalue weighted by Crippen LogP contribution is 2.25. The Bertz CT molecular complexity index is 4810. The molecule has 0 saturated heterocycles. The summed E-state index contributed by atoms with van der Waals surface area (Å²) in [5.41, 5.74) is 24.5. The van der Waals surface area contributed by atoms with Crippen LogP contribution in [-0.2, 0) is 0 Å². The van der Waals surface area contributed by atoms with Gasteiger partial charge in [0.05, 0.1) is 55.7 Å². The van der Waals surface area contributed by atoms with Gasteiger partial charge in [-0.2, -0.15) is 4.98 Å². The number of nitrogens with one attached hydrogen (secondary N) is 3. The topological polar surface area (TPSA) is 465 Å². The molecule has 0 spiro atoms. The van der Waals surface area contributed by atoms with Crippen molar-refractivity contribution in [3.8, 4) is 5.88 Å². The first-order chi connectivity index (χ1) is 45.6. The predicted octanol–water partition coefficient (Wildman–Crippen LogP) is 7.20. The maximum Gasteiger partial charge on any atom is 0.281 e. The summed E-state index contributed by atoms with van der Waals surface area (Å²) in [4.78, 5) is 104. The summed E-state index contributed by atoms with van der Waals surface area (Å²) in [5, 5.41) is 16.4. The molecule has 36 nitrogen and oxygen atoms in total. The minimum absolute atomic E-state index is 0.147. The molecule has 96 heavy (non-hydrogen) atoms. The van der Waals surface area contributed by atoms with E-state index < -0.39 is 0 Å². The Labute approximate surface area is 548 Å². The van der Waals surface area contributed by atoms with Crippen LogP contribution >= 0.6 is 0 Å². The number of nitrogen functional groups attached to an aromatic ring is 3. The van der Waals surface area contributed by atoms with Crippen molar-refractivity contribution in [2.24, 2.45) is 0 Å². The van der Waals surface area contributed by atoms with E-state index in [2.05, 4.69) is 156 Å². The van der Waals surface area contributed by atoms with E-state index in [1.54, 1.807) is 48.5 Å². The van der Waals surface area contributed by atoms with Crippen LogP contribution in [0.5, 0.6) is 5.88 Å². The van der Waals surface area contributed by atoms with Gasteiger partial charge in [0.2, 0.25) is 5.88 Å². The number of rotatable bonds is 9. The number of nitrogens with two attached hydrogens (primary N) is 3. The molecule has 0 aliphatic rings. The molecule has 14 rings (SSSR count). The van der Waals surface area contributed by atoms with Crippen LogP contribution in [0.15, 0.2) is 77.3 Å². The first-order valence-electron chi connectivity index (χ1n) is 30.9. The SMILES string of the molecule is CC(C)n1ccc2c(N)ncnc21.CC(C)n1cnc2c(=O)[nH]cnc21.CC(C)n1cnc2c(N)ncnc21.CC(C)n1nnc2c(N)ncnc21.CCOc1nc(C)nc2c1ncn2C(C)C.Cc1nc2c(ncn2C(C)C)c(=O)[nH]1.Cc1nc2c(nnn2C(C)C)c(=O)[nH]1. The number of ether oxygens (including phenoxy) is 1. The van der Waals surface area contributed by atoms with E-state index in [1.807, 2.05) is 99.8 Å². The van der Waals surface area contributed by atoms with Gasteiger partial charge in [-0.25, -0.2) is 79.1 Å². The number of nitrogens with zero attached hydrogens (tertiary/aromatic N) is 26. The molecule has 9 N–H and O–H groups in total. The second kappa shape index (κ2) is 30.4. The molecule has 506 valence electrons. The minimum Gasteiger partial charge on any atom is -0.476 e. The van der Waals surface area contributed by atoms with Crippen LogP contribution < -0.4 is 38.6 Å². The lowest BCUT2D eigenvalue weighted by atomic mass is 10.4. The number of aryl methyl sites for hydroxylation is 3. The molecule has 14 aromatic rings. The summed E-state index contributed by atoms with van der Waals surface area (Å²) in [5.74, 6) is 3.82. The smallest absolute Gasteiger partial charge is 0.281 e. The highest BCUT2D eigenvalue weighted by molar-refractivity contribution is 5.86. The van der Waals surface area contributed by atoms with E-state index in [9.17, 15) is 14.4 Å². The summed E-state index contributed by atoms with van der Waals surface area (Å²) >= 11 is 0. The summed E-state index contributed by atoms with van der Waals surface area (Å²) in [6.45, 7) is 36.5. The Morgan fingerprint density at radius 2 is 0.844 bits per heavy atom. The molecule has 0 aliphatic carbocycles. The van der Waals surface area contributed by atoms with Crippen LogP contribution in [-0.4, -0.2) is 149 Å². The Balaban J connectivity index is 0.000000143. The van der Waals surface area contributed by atoms with Crippen molar-refractivity contribution in [3.63, 3.8) is 0 Å². The van der Waals surface area contributed by atoms with Crippen LogP contribution in [0.4, 0.5) is 17.5 Å². The fourth-order valence-corrected chi connectivity index (χ4v) is 9.35. The van der Waals surface area contributed by atoms with Crippen molar-refractivity contribution >= 4 is 95.5 Å². The van der Waals surface area contributed by atoms with Gasteiger partial charge in [-0.3, -0.25) is 14.4 Å². The summed E-state index contributed by atoms with van der Waals surface area (Å²) < 4.78 is 18.6. The Morgan fingerprint density at radius 1 is 0.417 bits per heavy atom. The fourth-order valence-electron chi connectivity index (χ4n) is 9.35. The van der Waals surface area contributed by atoms with Crippen LogP contribution in [0, 0.1) is 20.8 Å². The second-order valence-electron chi connectivity index (χ2n) is 23.6. The van der Waals surface area contributed by atoms with Crippen LogP contribution in [0.3, 0.4) is 0 Å². The molecular formula is C60H82N32O4. The zero-order valence-corrected chi connectivity index (χ0v) is 57.0. The van der Waals surface area contributed by atoms with Gasteiger partial charge in [0.15, 0.2) is 73.1 Å². The van der Waals surface area contributed by atoms with Gasteiger partial charge >= 0.3 is 0 Å². The normalized spacial score (nSPS) is 11.3. The van der Waals surface area contributed by atoms with E-state index in [1.165, 1.54) is 25.3 Å². The van der Waals surface area contributed by atoms with Crippen molar-refractivity contribution in [2.75, 3.05) is 23.8 Å². The van der Waals surface area contributed by atoms with Crippen molar-refractivity contribution in [1.82, 2.24) is 143 Å². The molecule has 36 heteroatoms. The van der Waals surface area contributed by atoms with Crippen LogP contribution in [0.25, 0.3) is 78.0 Å². The largest absolute Gasteiger partial charge is 0.476 e. The Morgan fingerprint density at radius 3 is 1.39 bits per heavy atom. The third-order valence-corrected chi connectivity index (χ3v) is 14.1. The van der Waals surface area contributed by atoms with Gasteiger partial charge in [0.25, 0.3) is 16.7 Å². The van der Waals surface area contributed by atoms with E-state index in [0.717, 1.165) is 27.8 Å². The van der Waals surface area contributed by atoms with Gasteiger partial charge in [-0.15, -0.1) is 10.2 Å². The van der Waals surface area contributed by atoms with Crippen molar-refractivity contribution in [1.29, 1.82) is 0 Å². The summed E-state index contributed by atoms with van der Waals surface area (Å²) in [7, 11) is 0. The first kappa shape index (κ1) is 70.3. The molecule has 0 radical (unpaired) electrons. The monoisotopic (exact) mass is 1310 g/mol. The molecule has 0 amide bonds. The van der Waals surface area contributed by atoms with E-state index in [4.69, 9.17) is 21.9 Å². The van der Waals surface area contributed by atoms with Crippen LogP contribution in [0.1, 0.15) is 164 Å². The number of imidazole rings is 4.